The Morgan fingerprint density at radius 1 is 1.33 bits per heavy atom. The number of nitro benzene ring substituents is 1. The maximum absolute atomic E-state index is 11.0. The number of nitro groups is 1. The molecule has 0 saturated carbocycles. The van der Waals surface area contributed by atoms with Crippen molar-refractivity contribution in [1.82, 2.24) is 14.6 Å². The minimum Gasteiger partial charge on any atom is -0.487 e. The quantitative estimate of drug-likeness (QED) is 0.552. The number of fused-ring (bicyclic) bond motifs is 1. The Labute approximate surface area is 138 Å². The molecule has 0 amide bonds. The van der Waals surface area contributed by atoms with E-state index in [1.807, 2.05) is 35.7 Å². The number of hydrogen-bond acceptors (Lipinski definition) is 6. The largest absolute Gasteiger partial charge is 0.487 e. The SMILES string of the molecule is CCOc1cc(NC(C)c2nnc3ccccn23)ccc1[N+](=O)[O-]. The van der Waals surface area contributed by atoms with Gasteiger partial charge in [0, 0.05) is 24.0 Å². The summed E-state index contributed by atoms with van der Waals surface area (Å²) in [6.45, 7) is 4.09. The highest BCUT2D eigenvalue weighted by molar-refractivity contribution is 5.58. The summed E-state index contributed by atoms with van der Waals surface area (Å²) in [6, 6.07) is 10.3. The van der Waals surface area contributed by atoms with Gasteiger partial charge in [0.25, 0.3) is 0 Å². The second kappa shape index (κ2) is 6.53. The maximum atomic E-state index is 11.0. The lowest BCUT2D eigenvalue weighted by molar-refractivity contribution is -0.385. The molecule has 3 rings (SSSR count). The van der Waals surface area contributed by atoms with Crippen molar-refractivity contribution in [2.24, 2.45) is 0 Å². The highest BCUT2D eigenvalue weighted by Gasteiger charge is 2.18. The Balaban J connectivity index is 1.87. The van der Waals surface area contributed by atoms with E-state index in [0.717, 1.165) is 11.5 Å². The summed E-state index contributed by atoms with van der Waals surface area (Å²) in [5.74, 6) is 0.993. The van der Waals surface area contributed by atoms with Gasteiger partial charge in [0.05, 0.1) is 17.6 Å². The molecule has 0 radical (unpaired) electrons. The molecule has 1 N–H and O–H groups in total. The average Bonchev–Trinajstić information content (AvgIpc) is 2.99. The molecular formula is C16H17N5O3. The number of ether oxygens (including phenoxy) is 1. The number of aromatic nitrogens is 3. The van der Waals surface area contributed by atoms with Crippen molar-refractivity contribution in [3.8, 4) is 5.75 Å². The molecule has 2 aromatic heterocycles. The zero-order chi connectivity index (χ0) is 17.1. The Hall–Kier alpha value is -3.16. The third-order valence-electron chi connectivity index (χ3n) is 3.57. The molecule has 124 valence electrons. The molecule has 1 unspecified atom stereocenters. The molecule has 8 heteroatoms. The van der Waals surface area contributed by atoms with Gasteiger partial charge in [-0.3, -0.25) is 14.5 Å². The van der Waals surface area contributed by atoms with Crippen LogP contribution in [0.3, 0.4) is 0 Å². The van der Waals surface area contributed by atoms with Crippen molar-refractivity contribution < 1.29 is 9.66 Å². The number of hydrogen-bond donors (Lipinski definition) is 1. The van der Waals surface area contributed by atoms with Crippen LogP contribution in [0.15, 0.2) is 42.6 Å². The van der Waals surface area contributed by atoms with Crippen LogP contribution in [0.2, 0.25) is 0 Å². The van der Waals surface area contributed by atoms with E-state index in [2.05, 4.69) is 15.5 Å². The summed E-state index contributed by atoms with van der Waals surface area (Å²) < 4.78 is 7.26. The first kappa shape index (κ1) is 15.7. The second-order valence-corrected chi connectivity index (χ2v) is 5.23. The third kappa shape index (κ3) is 2.98. The summed E-state index contributed by atoms with van der Waals surface area (Å²) in [5.41, 5.74) is 1.42. The molecule has 0 saturated heterocycles. The number of pyridine rings is 1. The second-order valence-electron chi connectivity index (χ2n) is 5.23. The van der Waals surface area contributed by atoms with E-state index in [1.165, 1.54) is 6.07 Å². The normalized spacial score (nSPS) is 12.1. The van der Waals surface area contributed by atoms with E-state index in [0.29, 0.717) is 12.3 Å². The van der Waals surface area contributed by atoms with E-state index in [-0.39, 0.29) is 17.5 Å². The Kier molecular flexibility index (Phi) is 4.28. The van der Waals surface area contributed by atoms with E-state index >= 15 is 0 Å². The fourth-order valence-corrected chi connectivity index (χ4v) is 2.50. The van der Waals surface area contributed by atoms with E-state index in [9.17, 15) is 10.1 Å². The first-order chi connectivity index (χ1) is 11.6. The number of nitrogens with one attached hydrogen (secondary N) is 1. The lowest BCUT2D eigenvalue weighted by Gasteiger charge is -2.14. The molecule has 0 aliphatic heterocycles. The minimum absolute atomic E-state index is 0.0528. The van der Waals surface area contributed by atoms with Crippen LogP contribution in [0, 0.1) is 10.1 Å². The molecule has 2 heterocycles. The molecule has 0 aliphatic rings. The van der Waals surface area contributed by atoms with Crippen molar-refractivity contribution in [3.05, 3.63) is 58.5 Å². The van der Waals surface area contributed by atoms with Crippen LogP contribution in [0.1, 0.15) is 25.7 Å². The smallest absolute Gasteiger partial charge is 0.311 e. The Bertz CT molecular complexity index is 877. The van der Waals surface area contributed by atoms with E-state index in [1.54, 1.807) is 19.1 Å². The van der Waals surface area contributed by atoms with Crippen molar-refractivity contribution >= 4 is 17.0 Å². The molecule has 3 aromatic rings. The monoisotopic (exact) mass is 327 g/mol. The van der Waals surface area contributed by atoms with E-state index in [4.69, 9.17) is 4.74 Å². The molecule has 0 bridgehead atoms. The zero-order valence-corrected chi connectivity index (χ0v) is 13.3. The number of benzene rings is 1. The summed E-state index contributed by atoms with van der Waals surface area (Å²) >= 11 is 0. The first-order valence-corrected chi connectivity index (χ1v) is 7.57. The molecule has 24 heavy (non-hydrogen) atoms. The van der Waals surface area contributed by atoms with Gasteiger partial charge in [-0.25, -0.2) is 0 Å². The standard InChI is InChI=1S/C16H17N5O3/c1-3-24-14-10-12(7-8-13(14)21(22)23)17-11(2)16-19-18-15-6-4-5-9-20(15)16/h4-11,17H,3H2,1-2H3. The predicted molar refractivity (Wildman–Crippen MR) is 89.3 cm³/mol. The first-order valence-electron chi connectivity index (χ1n) is 7.57. The molecule has 1 atom stereocenters. The van der Waals surface area contributed by atoms with Gasteiger partial charge < -0.3 is 10.1 Å². The fourth-order valence-electron chi connectivity index (χ4n) is 2.50. The minimum atomic E-state index is -0.454. The third-order valence-corrected chi connectivity index (χ3v) is 3.57. The number of rotatable bonds is 6. The zero-order valence-electron chi connectivity index (χ0n) is 13.3. The van der Waals surface area contributed by atoms with Crippen LogP contribution in [-0.2, 0) is 0 Å². The predicted octanol–water partition coefficient (Wildman–Crippen LogP) is 3.21. The summed E-state index contributed by atoms with van der Waals surface area (Å²) in [6.07, 6.45) is 1.89. The van der Waals surface area contributed by atoms with Gasteiger partial charge in [0.1, 0.15) is 0 Å². The van der Waals surface area contributed by atoms with Gasteiger partial charge >= 0.3 is 5.69 Å². The number of nitrogens with zero attached hydrogens (tertiary/aromatic N) is 4. The summed E-state index contributed by atoms with van der Waals surface area (Å²) in [5, 5.41) is 22.7. The van der Waals surface area contributed by atoms with Crippen LogP contribution in [-0.4, -0.2) is 26.1 Å². The lowest BCUT2D eigenvalue weighted by Crippen LogP contribution is -2.11. The molecule has 0 aliphatic carbocycles. The van der Waals surface area contributed by atoms with Crippen LogP contribution in [0.5, 0.6) is 5.75 Å². The van der Waals surface area contributed by atoms with Gasteiger partial charge in [0.2, 0.25) is 0 Å². The Morgan fingerprint density at radius 3 is 2.92 bits per heavy atom. The van der Waals surface area contributed by atoms with Gasteiger partial charge in [-0.1, -0.05) is 6.07 Å². The maximum Gasteiger partial charge on any atom is 0.311 e. The lowest BCUT2D eigenvalue weighted by atomic mass is 10.2. The average molecular weight is 327 g/mol. The highest BCUT2D eigenvalue weighted by atomic mass is 16.6. The van der Waals surface area contributed by atoms with Gasteiger partial charge in [-0.2, -0.15) is 0 Å². The van der Waals surface area contributed by atoms with Crippen LogP contribution in [0.25, 0.3) is 5.65 Å². The van der Waals surface area contributed by atoms with Crippen LogP contribution in [0.4, 0.5) is 11.4 Å². The molecular weight excluding hydrogens is 310 g/mol. The molecule has 1 aromatic carbocycles. The van der Waals surface area contributed by atoms with Crippen LogP contribution < -0.4 is 10.1 Å². The summed E-state index contributed by atoms with van der Waals surface area (Å²) in [7, 11) is 0. The topological polar surface area (TPSA) is 94.6 Å². The van der Waals surface area contributed by atoms with Gasteiger partial charge in [-0.05, 0) is 32.0 Å². The number of anilines is 1. The van der Waals surface area contributed by atoms with Gasteiger partial charge in [-0.15, -0.1) is 10.2 Å². The Morgan fingerprint density at radius 2 is 2.17 bits per heavy atom. The van der Waals surface area contributed by atoms with Crippen molar-refractivity contribution in [1.29, 1.82) is 0 Å². The van der Waals surface area contributed by atoms with Crippen molar-refractivity contribution in [2.45, 2.75) is 19.9 Å². The summed E-state index contributed by atoms with van der Waals surface area (Å²) in [4.78, 5) is 10.6. The molecule has 8 nitrogen and oxygen atoms in total. The van der Waals surface area contributed by atoms with Gasteiger partial charge in [0.15, 0.2) is 17.2 Å². The molecule has 0 spiro atoms. The highest BCUT2D eigenvalue weighted by Crippen LogP contribution is 2.31. The van der Waals surface area contributed by atoms with Crippen LogP contribution >= 0.6 is 0 Å². The van der Waals surface area contributed by atoms with Crippen molar-refractivity contribution in [3.63, 3.8) is 0 Å². The fraction of sp³-hybridized carbons (Fsp3) is 0.250. The van der Waals surface area contributed by atoms with Crippen molar-refractivity contribution in [2.75, 3.05) is 11.9 Å². The van der Waals surface area contributed by atoms with E-state index < -0.39 is 4.92 Å². The molecule has 0 fully saturated rings.